The lowest BCUT2D eigenvalue weighted by molar-refractivity contribution is -0.136. The van der Waals surface area contributed by atoms with E-state index in [1.54, 1.807) is 7.11 Å². The van der Waals surface area contributed by atoms with Crippen LogP contribution in [0.1, 0.15) is 19.8 Å². The van der Waals surface area contributed by atoms with Gasteiger partial charge >= 0.3 is 0 Å². The van der Waals surface area contributed by atoms with Crippen molar-refractivity contribution in [1.29, 1.82) is 0 Å². The SMILES string of the molecule is CCOCCNC(=O)C1(COC)CCNCC1.Cl. The fourth-order valence-corrected chi connectivity index (χ4v) is 2.19. The zero-order chi connectivity index (χ0) is 12.6. The van der Waals surface area contributed by atoms with E-state index in [9.17, 15) is 4.79 Å². The predicted octanol–water partition coefficient (Wildman–Crippen LogP) is 0.577. The molecular formula is C12H25ClN2O3. The van der Waals surface area contributed by atoms with Crippen molar-refractivity contribution in [2.75, 3.05) is 46.6 Å². The second-order valence-electron chi connectivity index (χ2n) is 4.42. The molecule has 0 saturated carbocycles. The first-order chi connectivity index (χ1) is 8.25. The molecule has 0 aliphatic carbocycles. The molecular weight excluding hydrogens is 256 g/mol. The Morgan fingerprint density at radius 2 is 2.06 bits per heavy atom. The van der Waals surface area contributed by atoms with E-state index >= 15 is 0 Å². The van der Waals surface area contributed by atoms with E-state index < -0.39 is 0 Å². The summed E-state index contributed by atoms with van der Waals surface area (Å²) in [6.07, 6.45) is 1.67. The molecule has 0 aromatic rings. The average molecular weight is 281 g/mol. The van der Waals surface area contributed by atoms with Crippen LogP contribution in [0.5, 0.6) is 0 Å². The maximum Gasteiger partial charge on any atom is 0.228 e. The van der Waals surface area contributed by atoms with E-state index in [2.05, 4.69) is 10.6 Å². The summed E-state index contributed by atoms with van der Waals surface area (Å²) >= 11 is 0. The van der Waals surface area contributed by atoms with Gasteiger partial charge in [0.15, 0.2) is 0 Å². The summed E-state index contributed by atoms with van der Waals surface area (Å²) in [5.41, 5.74) is -0.355. The molecule has 1 rings (SSSR count). The van der Waals surface area contributed by atoms with E-state index in [0.29, 0.717) is 26.4 Å². The Hall–Kier alpha value is -0.360. The zero-order valence-electron chi connectivity index (χ0n) is 11.3. The van der Waals surface area contributed by atoms with Crippen molar-refractivity contribution in [3.63, 3.8) is 0 Å². The van der Waals surface area contributed by atoms with Gasteiger partial charge in [-0.05, 0) is 32.9 Å². The molecule has 0 atom stereocenters. The van der Waals surface area contributed by atoms with Gasteiger partial charge in [0, 0.05) is 20.3 Å². The summed E-state index contributed by atoms with van der Waals surface area (Å²) in [7, 11) is 1.65. The van der Waals surface area contributed by atoms with E-state index in [4.69, 9.17) is 9.47 Å². The van der Waals surface area contributed by atoms with Gasteiger partial charge in [0.25, 0.3) is 0 Å². The van der Waals surface area contributed by atoms with Crippen LogP contribution in [0.3, 0.4) is 0 Å². The van der Waals surface area contributed by atoms with Gasteiger partial charge in [0.05, 0.1) is 18.6 Å². The lowest BCUT2D eigenvalue weighted by Crippen LogP contribution is -2.50. The first kappa shape index (κ1) is 17.6. The second kappa shape index (κ2) is 9.55. The molecule has 108 valence electrons. The highest BCUT2D eigenvalue weighted by Gasteiger charge is 2.39. The minimum atomic E-state index is -0.355. The van der Waals surface area contributed by atoms with Crippen LogP contribution in [0, 0.1) is 5.41 Å². The van der Waals surface area contributed by atoms with Gasteiger partial charge in [-0.1, -0.05) is 0 Å². The molecule has 6 heteroatoms. The number of nitrogens with one attached hydrogen (secondary N) is 2. The number of piperidine rings is 1. The first-order valence-corrected chi connectivity index (χ1v) is 6.31. The topological polar surface area (TPSA) is 59.6 Å². The van der Waals surface area contributed by atoms with Crippen LogP contribution in [0.15, 0.2) is 0 Å². The van der Waals surface area contributed by atoms with Crippen LogP contribution >= 0.6 is 12.4 Å². The molecule has 0 aromatic heterocycles. The molecule has 1 aliphatic heterocycles. The van der Waals surface area contributed by atoms with E-state index in [1.807, 2.05) is 6.92 Å². The molecule has 0 radical (unpaired) electrons. The Morgan fingerprint density at radius 1 is 1.39 bits per heavy atom. The molecule has 0 bridgehead atoms. The Morgan fingerprint density at radius 3 is 2.61 bits per heavy atom. The van der Waals surface area contributed by atoms with Crippen LogP contribution in [0.25, 0.3) is 0 Å². The van der Waals surface area contributed by atoms with Crippen molar-refractivity contribution < 1.29 is 14.3 Å². The van der Waals surface area contributed by atoms with Gasteiger partial charge in [0.1, 0.15) is 0 Å². The van der Waals surface area contributed by atoms with Crippen molar-refractivity contribution in [3.8, 4) is 0 Å². The monoisotopic (exact) mass is 280 g/mol. The molecule has 0 spiro atoms. The zero-order valence-corrected chi connectivity index (χ0v) is 12.1. The molecule has 0 unspecified atom stereocenters. The normalized spacial score (nSPS) is 17.9. The number of hydrogen-bond acceptors (Lipinski definition) is 4. The van der Waals surface area contributed by atoms with Gasteiger partial charge in [-0.15, -0.1) is 12.4 Å². The molecule has 1 fully saturated rings. The first-order valence-electron chi connectivity index (χ1n) is 6.31. The molecule has 2 N–H and O–H groups in total. The standard InChI is InChI=1S/C12H24N2O3.ClH/c1-3-17-9-8-14-11(15)12(10-16-2)4-6-13-7-5-12;/h13H,3-10H2,1-2H3,(H,14,15);1H. The third-order valence-corrected chi connectivity index (χ3v) is 3.20. The van der Waals surface area contributed by atoms with Gasteiger partial charge in [-0.3, -0.25) is 4.79 Å². The molecule has 18 heavy (non-hydrogen) atoms. The van der Waals surface area contributed by atoms with Gasteiger partial charge in [-0.2, -0.15) is 0 Å². The summed E-state index contributed by atoms with van der Waals surface area (Å²) in [6, 6.07) is 0. The quantitative estimate of drug-likeness (QED) is 0.670. The number of rotatable bonds is 7. The van der Waals surface area contributed by atoms with Crippen LogP contribution in [0.2, 0.25) is 0 Å². The fraction of sp³-hybridized carbons (Fsp3) is 0.917. The van der Waals surface area contributed by atoms with Gasteiger partial charge < -0.3 is 20.1 Å². The van der Waals surface area contributed by atoms with Crippen LogP contribution < -0.4 is 10.6 Å². The molecule has 1 saturated heterocycles. The number of carbonyl (C=O) groups is 1. The number of halogens is 1. The Bertz CT molecular complexity index is 228. The number of amides is 1. The maximum absolute atomic E-state index is 12.2. The van der Waals surface area contributed by atoms with Crippen molar-refractivity contribution in [1.82, 2.24) is 10.6 Å². The van der Waals surface area contributed by atoms with Crippen LogP contribution in [-0.4, -0.2) is 52.5 Å². The van der Waals surface area contributed by atoms with Crippen LogP contribution in [0.4, 0.5) is 0 Å². The molecule has 0 aromatic carbocycles. The summed E-state index contributed by atoms with van der Waals surface area (Å²) in [5, 5.41) is 6.21. The Kier molecular flexibility index (Phi) is 9.36. The van der Waals surface area contributed by atoms with Crippen molar-refractivity contribution >= 4 is 18.3 Å². The number of hydrogen-bond donors (Lipinski definition) is 2. The summed E-state index contributed by atoms with van der Waals surface area (Å²) in [4.78, 5) is 12.2. The molecule has 1 amide bonds. The van der Waals surface area contributed by atoms with Gasteiger partial charge in [0.2, 0.25) is 5.91 Å². The number of methoxy groups -OCH3 is 1. The maximum atomic E-state index is 12.2. The highest BCUT2D eigenvalue weighted by Crippen LogP contribution is 2.29. The molecule has 1 aliphatic rings. The van der Waals surface area contributed by atoms with Crippen molar-refractivity contribution in [2.24, 2.45) is 5.41 Å². The predicted molar refractivity (Wildman–Crippen MR) is 73.2 cm³/mol. The van der Waals surface area contributed by atoms with Gasteiger partial charge in [-0.25, -0.2) is 0 Å². The number of carbonyl (C=O) groups excluding carboxylic acids is 1. The largest absolute Gasteiger partial charge is 0.384 e. The minimum Gasteiger partial charge on any atom is -0.384 e. The highest BCUT2D eigenvalue weighted by atomic mass is 35.5. The Labute approximate surface area is 115 Å². The lowest BCUT2D eigenvalue weighted by atomic mass is 9.78. The van der Waals surface area contributed by atoms with E-state index in [1.165, 1.54) is 0 Å². The molecule has 5 nitrogen and oxygen atoms in total. The third kappa shape index (κ3) is 5.10. The average Bonchev–Trinajstić information content (AvgIpc) is 2.36. The highest BCUT2D eigenvalue weighted by molar-refractivity contribution is 5.85. The summed E-state index contributed by atoms with van der Waals surface area (Å²) in [5.74, 6) is 0.0977. The smallest absolute Gasteiger partial charge is 0.228 e. The number of ether oxygens (including phenoxy) is 2. The summed E-state index contributed by atoms with van der Waals surface area (Å²) in [6.45, 7) is 6.03. The van der Waals surface area contributed by atoms with Crippen molar-refractivity contribution in [3.05, 3.63) is 0 Å². The Balaban J connectivity index is 0.00000289. The minimum absolute atomic E-state index is 0. The van der Waals surface area contributed by atoms with E-state index in [-0.39, 0.29) is 23.7 Å². The fourth-order valence-electron chi connectivity index (χ4n) is 2.19. The third-order valence-electron chi connectivity index (χ3n) is 3.20. The van der Waals surface area contributed by atoms with Crippen molar-refractivity contribution in [2.45, 2.75) is 19.8 Å². The van der Waals surface area contributed by atoms with E-state index in [0.717, 1.165) is 25.9 Å². The summed E-state index contributed by atoms with van der Waals surface area (Å²) < 4.78 is 10.4. The molecule has 1 heterocycles. The lowest BCUT2D eigenvalue weighted by Gasteiger charge is -2.35. The second-order valence-corrected chi connectivity index (χ2v) is 4.42. The van der Waals surface area contributed by atoms with Crippen LogP contribution in [-0.2, 0) is 14.3 Å².